The molecule has 0 bridgehead atoms. The molecule has 1 fully saturated rings. The quantitative estimate of drug-likeness (QED) is 0.744. The number of piperidine rings is 1. The molecule has 3 N–H and O–H groups in total. The Labute approximate surface area is 132 Å². The molecule has 5 nitrogen and oxygen atoms in total. The number of nitrogens with one attached hydrogen (secondary N) is 1. The minimum atomic E-state index is -0.649. The standard InChI is InChI=1S/C12H17NO2.C5H10O2/c14-11-4-2-1-3-10(11)9-12(15)5-7-13-8-6-12;1-5(2,3)7-4-6/h1-4,13-15H,5-9H2;4H,1-3H3. The lowest BCUT2D eigenvalue weighted by molar-refractivity contribution is -0.138. The maximum Gasteiger partial charge on any atom is 0.293 e. The summed E-state index contributed by atoms with van der Waals surface area (Å²) in [5, 5.41) is 23.1. The van der Waals surface area contributed by atoms with Gasteiger partial charge in [-0.2, -0.15) is 0 Å². The van der Waals surface area contributed by atoms with Crippen molar-refractivity contribution >= 4 is 6.47 Å². The number of phenolic OH excluding ortho intramolecular Hbond substituents is 1. The number of benzene rings is 1. The first-order valence-electron chi connectivity index (χ1n) is 7.57. The van der Waals surface area contributed by atoms with Crippen LogP contribution in [0.5, 0.6) is 5.75 Å². The summed E-state index contributed by atoms with van der Waals surface area (Å²) in [7, 11) is 0. The minimum Gasteiger partial charge on any atom is -0.508 e. The Hall–Kier alpha value is -1.59. The van der Waals surface area contributed by atoms with E-state index in [0.717, 1.165) is 31.5 Å². The van der Waals surface area contributed by atoms with E-state index in [4.69, 9.17) is 0 Å². The predicted molar refractivity (Wildman–Crippen MR) is 85.8 cm³/mol. The second-order valence-corrected chi connectivity index (χ2v) is 6.61. The van der Waals surface area contributed by atoms with Crippen molar-refractivity contribution in [3.63, 3.8) is 0 Å². The Morgan fingerprint density at radius 2 is 1.86 bits per heavy atom. The van der Waals surface area contributed by atoms with E-state index in [2.05, 4.69) is 10.1 Å². The van der Waals surface area contributed by atoms with Gasteiger partial charge in [-0.25, -0.2) is 0 Å². The normalized spacial score (nSPS) is 17.1. The summed E-state index contributed by atoms with van der Waals surface area (Å²) in [5.41, 5.74) is -0.131. The molecule has 0 spiro atoms. The average molecular weight is 309 g/mol. The number of rotatable bonds is 3. The Bertz CT molecular complexity index is 462. The SMILES string of the molecule is CC(C)(C)OC=O.Oc1ccccc1CC1(O)CCNCC1. The third kappa shape index (κ3) is 6.91. The molecular weight excluding hydrogens is 282 g/mol. The van der Waals surface area contributed by atoms with E-state index in [1.54, 1.807) is 12.1 Å². The van der Waals surface area contributed by atoms with Gasteiger partial charge in [0, 0.05) is 6.42 Å². The first-order valence-corrected chi connectivity index (χ1v) is 7.57. The number of aliphatic hydroxyl groups is 1. The van der Waals surface area contributed by atoms with Crippen LogP contribution in [0.2, 0.25) is 0 Å². The number of hydrogen-bond acceptors (Lipinski definition) is 5. The average Bonchev–Trinajstić information content (AvgIpc) is 2.41. The molecule has 0 saturated carbocycles. The molecular formula is C17H27NO4. The largest absolute Gasteiger partial charge is 0.508 e. The van der Waals surface area contributed by atoms with Crippen molar-refractivity contribution in [1.82, 2.24) is 5.32 Å². The fourth-order valence-electron chi connectivity index (χ4n) is 2.23. The van der Waals surface area contributed by atoms with Crippen LogP contribution in [0.25, 0.3) is 0 Å². The van der Waals surface area contributed by atoms with Gasteiger partial charge in [0.15, 0.2) is 0 Å². The summed E-state index contributed by atoms with van der Waals surface area (Å²) in [6.07, 6.45) is 2.05. The van der Waals surface area contributed by atoms with Gasteiger partial charge in [-0.15, -0.1) is 0 Å². The van der Waals surface area contributed by atoms with Crippen molar-refractivity contribution in [3.05, 3.63) is 29.8 Å². The Kier molecular flexibility index (Phi) is 6.84. The van der Waals surface area contributed by atoms with E-state index in [-0.39, 0.29) is 11.4 Å². The van der Waals surface area contributed by atoms with E-state index in [1.165, 1.54) is 0 Å². The molecule has 0 aliphatic carbocycles. The van der Waals surface area contributed by atoms with Crippen molar-refractivity contribution in [2.45, 2.75) is 51.2 Å². The molecule has 0 radical (unpaired) electrons. The van der Waals surface area contributed by atoms with Gasteiger partial charge < -0.3 is 20.3 Å². The molecule has 1 aliphatic heterocycles. The number of carbonyl (C=O) groups is 1. The lowest BCUT2D eigenvalue weighted by atomic mass is 9.86. The molecule has 1 aliphatic rings. The first-order chi connectivity index (χ1) is 10.3. The second kappa shape index (κ2) is 8.15. The van der Waals surface area contributed by atoms with Gasteiger partial charge >= 0.3 is 0 Å². The fourth-order valence-corrected chi connectivity index (χ4v) is 2.23. The van der Waals surface area contributed by atoms with Gasteiger partial charge in [-0.3, -0.25) is 4.79 Å². The van der Waals surface area contributed by atoms with E-state index < -0.39 is 5.60 Å². The van der Waals surface area contributed by atoms with Crippen LogP contribution < -0.4 is 5.32 Å². The lowest BCUT2D eigenvalue weighted by Gasteiger charge is -2.32. The Balaban J connectivity index is 0.000000295. The summed E-state index contributed by atoms with van der Waals surface area (Å²) in [5.74, 6) is 0.282. The van der Waals surface area contributed by atoms with Crippen molar-refractivity contribution < 1.29 is 19.7 Å². The van der Waals surface area contributed by atoms with Gasteiger partial charge in [-0.05, 0) is 58.3 Å². The van der Waals surface area contributed by atoms with Crippen LogP contribution >= 0.6 is 0 Å². The summed E-state index contributed by atoms with van der Waals surface area (Å²) in [6, 6.07) is 7.22. The van der Waals surface area contributed by atoms with Crippen molar-refractivity contribution in [1.29, 1.82) is 0 Å². The number of carbonyl (C=O) groups excluding carboxylic acids is 1. The summed E-state index contributed by atoms with van der Waals surface area (Å²) < 4.78 is 4.55. The van der Waals surface area contributed by atoms with E-state index in [9.17, 15) is 15.0 Å². The zero-order valence-corrected chi connectivity index (χ0v) is 13.6. The highest BCUT2D eigenvalue weighted by molar-refractivity contribution is 5.37. The number of aromatic hydroxyl groups is 1. The molecule has 124 valence electrons. The predicted octanol–water partition coefficient (Wildman–Crippen LogP) is 2.01. The molecule has 1 aromatic rings. The van der Waals surface area contributed by atoms with E-state index >= 15 is 0 Å². The number of phenols is 1. The van der Waals surface area contributed by atoms with Crippen LogP contribution in [0.1, 0.15) is 39.2 Å². The maximum atomic E-state index is 10.3. The third-order valence-corrected chi connectivity index (χ3v) is 3.45. The molecule has 5 heteroatoms. The van der Waals surface area contributed by atoms with Gasteiger partial charge in [-0.1, -0.05) is 18.2 Å². The smallest absolute Gasteiger partial charge is 0.293 e. The first kappa shape index (κ1) is 18.5. The zero-order chi connectivity index (χ0) is 16.6. The molecule has 0 unspecified atom stereocenters. The molecule has 0 amide bonds. The van der Waals surface area contributed by atoms with Crippen LogP contribution in [0.4, 0.5) is 0 Å². The molecule has 1 heterocycles. The van der Waals surface area contributed by atoms with Crippen molar-refractivity contribution in [3.8, 4) is 5.75 Å². The molecule has 1 aromatic carbocycles. The van der Waals surface area contributed by atoms with Gasteiger partial charge in [0.05, 0.1) is 5.60 Å². The molecule has 1 saturated heterocycles. The Morgan fingerprint density at radius 3 is 2.32 bits per heavy atom. The van der Waals surface area contributed by atoms with Gasteiger partial charge in [0.2, 0.25) is 0 Å². The molecule has 22 heavy (non-hydrogen) atoms. The van der Waals surface area contributed by atoms with Gasteiger partial charge in [0.1, 0.15) is 11.4 Å². The topological polar surface area (TPSA) is 78.8 Å². The molecule has 0 atom stereocenters. The van der Waals surface area contributed by atoms with Crippen LogP contribution in [-0.2, 0) is 16.0 Å². The Morgan fingerprint density at radius 1 is 1.27 bits per heavy atom. The fraction of sp³-hybridized carbons (Fsp3) is 0.588. The highest BCUT2D eigenvalue weighted by Crippen LogP contribution is 2.27. The van der Waals surface area contributed by atoms with Crippen molar-refractivity contribution in [2.75, 3.05) is 13.1 Å². The summed E-state index contributed by atoms with van der Waals surface area (Å²) in [6.45, 7) is 7.62. The van der Waals surface area contributed by atoms with Crippen LogP contribution in [-0.4, -0.2) is 41.0 Å². The highest BCUT2D eigenvalue weighted by atomic mass is 16.5. The van der Waals surface area contributed by atoms with Crippen LogP contribution in [0, 0.1) is 0 Å². The number of hydrogen-bond donors (Lipinski definition) is 3. The summed E-state index contributed by atoms with van der Waals surface area (Å²) in [4.78, 5) is 9.60. The van der Waals surface area contributed by atoms with E-state index in [0.29, 0.717) is 12.9 Å². The number of para-hydroxylation sites is 1. The second-order valence-electron chi connectivity index (χ2n) is 6.61. The molecule has 0 aromatic heterocycles. The van der Waals surface area contributed by atoms with Crippen LogP contribution in [0.3, 0.4) is 0 Å². The third-order valence-electron chi connectivity index (χ3n) is 3.45. The van der Waals surface area contributed by atoms with E-state index in [1.807, 2.05) is 32.9 Å². The monoisotopic (exact) mass is 309 g/mol. The lowest BCUT2D eigenvalue weighted by Crippen LogP contribution is -2.43. The van der Waals surface area contributed by atoms with Crippen molar-refractivity contribution in [2.24, 2.45) is 0 Å². The molecule has 2 rings (SSSR count). The minimum absolute atomic E-state index is 0.282. The highest BCUT2D eigenvalue weighted by Gasteiger charge is 2.29. The maximum absolute atomic E-state index is 10.3. The number of ether oxygens (including phenoxy) is 1. The summed E-state index contributed by atoms with van der Waals surface area (Å²) >= 11 is 0. The van der Waals surface area contributed by atoms with Crippen LogP contribution in [0.15, 0.2) is 24.3 Å². The zero-order valence-electron chi connectivity index (χ0n) is 13.6. The van der Waals surface area contributed by atoms with Gasteiger partial charge in [0.25, 0.3) is 6.47 Å².